The van der Waals surface area contributed by atoms with Gasteiger partial charge in [-0.2, -0.15) is 5.10 Å². The molecule has 0 aliphatic heterocycles. The van der Waals surface area contributed by atoms with Crippen LogP contribution >= 0.6 is 11.3 Å². The maximum atomic E-state index is 4.50. The van der Waals surface area contributed by atoms with Crippen LogP contribution in [0.25, 0.3) is 0 Å². The molecule has 2 heterocycles. The van der Waals surface area contributed by atoms with Crippen molar-refractivity contribution < 1.29 is 0 Å². The Morgan fingerprint density at radius 2 is 2.17 bits per heavy atom. The van der Waals surface area contributed by atoms with Gasteiger partial charge in [0.2, 0.25) is 0 Å². The Morgan fingerprint density at radius 1 is 1.39 bits per heavy atom. The monoisotopic (exact) mass is 264 g/mol. The van der Waals surface area contributed by atoms with Gasteiger partial charge in [0, 0.05) is 43.0 Å². The summed E-state index contributed by atoms with van der Waals surface area (Å²) < 4.78 is 1.89. The van der Waals surface area contributed by atoms with E-state index in [0.29, 0.717) is 5.92 Å². The van der Waals surface area contributed by atoms with Crippen molar-refractivity contribution in [3.05, 3.63) is 33.5 Å². The van der Waals surface area contributed by atoms with Crippen molar-refractivity contribution in [2.75, 3.05) is 0 Å². The van der Waals surface area contributed by atoms with Gasteiger partial charge >= 0.3 is 0 Å². The lowest BCUT2D eigenvalue weighted by molar-refractivity contribution is 0.674. The molecule has 2 rings (SSSR count). The summed E-state index contributed by atoms with van der Waals surface area (Å²) in [6.07, 6.45) is 2.09. The first-order chi connectivity index (χ1) is 8.56. The standard InChI is InChI=1S/C13H20N4S/c1-9(2)13-11(7-17(4)16-13)5-14-6-12-15-10(3)8-18-12/h7-9,14H,5-6H2,1-4H3. The van der Waals surface area contributed by atoms with Crippen LogP contribution in [-0.4, -0.2) is 14.8 Å². The van der Waals surface area contributed by atoms with Crippen LogP contribution in [0.15, 0.2) is 11.6 Å². The number of aromatic nitrogens is 3. The van der Waals surface area contributed by atoms with Crippen LogP contribution in [0.2, 0.25) is 0 Å². The zero-order valence-electron chi connectivity index (χ0n) is 11.4. The second-order valence-corrected chi connectivity index (χ2v) is 5.80. The quantitative estimate of drug-likeness (QED) is 0.902. The van der Waals surface area contributed by atoms with Crippen molar-refractivity contribution in [1.29, 1.82) is 0 Å². The summed E-state index contributed by atoms with van der Waals surface area (Å²) >= 11 is 1.71. The lowest BCUT2D eigenvalue weighted by Gasteiger charge is -2.05. The van der Waals surface area contributed by atoms with Gasteiger partial charge in [0.05, 0.1) is 5.69 Å². The number of nitrogens with zero attached hydrogens (tertiary/aromatic N) is 3. The number of thiazole rings is 1. The Labute approximate surface area is 112 Å². The molecule has 0 saturated heterocycles. The molecule has 0 fully saturated rings. The molecule has 0 amide bonds. The Hall–Kier alpha value is -1.20. The minimum atomic E-state index is 0.463. The number of nitrogens with one attached hydrogen (secondary N) is 1. The molecule has 1 N–H and O–H groups in total. The summed E-state index contributed by atoms with van der Waals surface area (Å²) in [5, 5.41) is 11.2. The van der Waals surface area contributed by atoms with Crippen LogP contribution in [0.3, 0.4) is 0 Å². The van der Waals surface area contributed by atoms with E-state index in [4.69, 9.17) is 0 Å². The number of rotatable bonds is 5. The van der Waals surface area contributed by atoms with E-state index in [9.17, 15) is 0 Å². The predicted molar refractivity (Wildman–Crippen MR) is 74.7 cm³/mol. The minimum absolute atomic E-state index is 0.463. The summed E-state index contributed by atoms with van der Waals surface area (Å²) in [7, 11) is 1.97. The molecule has 0 unspecified atom stereocenters. The smallest absolute Gasteiger partial charge is 0.107 e. The number of aryl methyl sites for hydroxylation is 2. The molecule has 2 aromatic heterocycles. The fourth-order valence-corrected chi connectivity index (χ4v) is 2.71. The third-order valence-corrected chi connectivity index (χ3v) is 3.71. The minimum Gasteiger partial charge on any atom is -0.306 e. The second-order valence-electron chi connectivity index (χ2n) is 4.85. The number of hydrogen-bond acceptors (Lipinski definition) is 4. The Kier molecular flexibility index (Phi) is 4.14. The molecule has 98 valence electrons. The fraction of sp³-hybridized carbons (Fsp3) is 0.538. The molecular weight excluding hydrogens is 244 g/mol. The molecule has 0 bridgehead atoms. The molecule has 0 spiro atoms. The van der Waals surface area contributed by atoms with Crippen molar-refractivity contribution in [3.8, 4) is 0 Å². The average molecular weight is 264 g/mol. The van der Waals surface area contributed by atoms with Gasteiger partial charge < -0.3 is 5.32 Å². The Bertz CT molecular complexity index is 513. The highest BCUT2D eigenvalue weighted by Crippen LogP contribution is 2.17. The van der Waals surface area contributed by atoms with Gasteiger partial charge in [-0.15, -0.1) is 11.3 Å². The van der Waals surface area contributed by atoms with Crippen molar-refractivity contribution in [1.82, 2.24) is 20.1 Å². The van der Waals surface area contributed by atoms with Crippen molar-refractivity contribution in [3.63, 3.8) is 0 Å². The third-order valence-electron chi connectivity index (χ3n) is 2.74. The van der Waals surface area contributed by atoms with E-state index in [1.54, 1.807) is 11.3 Å². The second kappa shape index (κ2) is 5.63. The first-order valence-corrected chi connectivity index (χ1v) is 7.08. The molecule has 4 nitrogen and oxygen atoms in total. The summed E-state index contributed by atoms with van der Waals surface area (Å²) in [6, 6.07) is 0. The van der Waals surface area contributed by atoms with Gasteiger partial charge in [-0.3, -0.25) is 4.68 Å². The van der Waals surface area contributed by atoms with E-state index in [1.807, 2.05) is 18.7 Å². The van der Waals surface area contributed by atoms with E-state index < -0.39 is 0 Å². The first-order valence-electron chi connectivity index (χ1n) is 6.20. The van der Waals surface area contributed by atoms with E-state index in [0.717, 1.165) is 23.8 Å². The highest BCUT2D eigenvalue weighted by atomic mass is 32.1. The Morgan fingerprint density at radius 3 is 2.78 bits per heavy atom. The average Bonchev–Trinajstić information content (AvgIpc) is 2.85. The van der Waals surface area contributed by atoms with Gasteiger partial charge in [-0.1, -0.05) is 13.8 Å². The normalized spacial score (nSPS) is 11.4. The predicted octanol–water partition coefficient (Wildman–Crippen LogP) is 2.60. The summed E-state index contributed by atoms with van der Waals surface area (Å²) in [5.41, 5.74) is 3.56. The van der Waals surface area contributed by atoms with Crippen molar-refractivity contribution in [2.24, 2.45) is 7.05 Å². The van der Waals surface area contributed by atoms with Gasteiger partial charge in [0.1, 0.15) is 5.01 Å². The largest absolute Gasteiger partial charge is 0.306 e. The summed E-state index contributed by atoms with van der Waals surface area (Å²) in [4.78, 5) is 4.44. The molecule has 18 heavy (non-hydrogen) atoms. The summed E-state index contributed by atoms with van der Waals surface area (Å²) in [5.74, 6) is 0.463. The van der Waals surface area contributed by atoms with Gasteiger partial charge in [0.15, 0.2) is 0 Å². The van der Waals surface area contributed by atoms with Crippen LogP contribution in [0.1, 0.15) is 41.7 Å². The van der Waals surface area contributed by atoms with E-state index >= 15 is 0 Å². The zero-order chi connectivity index (χ0) is 13.1. The van der Waals surface area contributed by atoms with E-state index in [1.165, 1.54) is 11.3 Å². The van der Waals surface area contributed by atoms with Crippen LogP contribution in [0.4, 0.5) is 0 Å². The molecular formula is C13H20N4S. The van der Waals surface area contributed by atoms with Crippen LogP contribution in [0.5, 0.6) is 0 Å². The molecule has 0 radical (unpaired) electrons. The van der Waals surface area contributed by atoms with Crippen LogP contribution in [0, 0.1) is 6.92 Å². The highest BCUT2D eigenvalue weighted by Gasteiger charge is 2.10. The van der Waals surface area contributed by atoms with Crippen molar-refractivity contribution in [2.45, 2.75) is 39.8 Å². The van der Waals surface area contributed by atoms with E-state index in [2.05, 4.69) is 40.8 Å². The van der Waals surface area contributed by atoms with E-state index in [-0.39, 0.29) is 0 Å². The van der Waals surface area contributed by atoms with Crippen molar-refractivity contribution >= 4 is 11.3 Å². The SMILES string of the molecule is Cc1csc(CNCc2cn(C)nc2C(C)C)n1. The van der Waals surface area contributed by atoms with Gasteiger partial charge in [-0.05, 0) is 12.8 Å². The Balaban J connectivity index is 1.94. The molecule has 0 aliphatic rings. The fourth-order valence-electron chi connectivity index (χ4n) is 1.97. The maximum Gasteiger partial charge on any atom is 0.107 e. The molecule has 0 atom stereocenters. The lowest BCUT2D eigenvalue weighted by Crippen LogP contribution is -2.13. The highest BCUT2D eigenvalue weighted by molar-refractivity contribution is 7.09. The first kappa shape index (κ1) is 13.2. The topological polar surface area (TPSA) is 42.7 Å². The molecule has 2 aromatic rings. The maximum absolute atomic E-state index is 4.50. The zero-order valence-corrected chi connectivity index (χ0v) is 12.2. The lowest BCUT2D eigenvalue weighted by atomic mass is 10.1. The van der Waals surface area contributed by atoms with Gasteiger partial charge in [-0.25, -0.2) is 4.98 Å². The summed E-state index contributed by atoms with van der Waals surface area (Å²) in [6.45, 7) is 8.05. The van der Waals surface area contributed by atoms with Gasteiger partial charge in [0.25, 0.3) is 0 Å². The number of hydrogen-bond donors (Lipinski definition) is 1. The molecule has 0 aliphatic carbocycles. The van der Waals surface area contributed by atoms with Crippen LogP contribution < -0.4 is 5.32 Å². The van der Waals surface area contributed by atoms with Crippen LogP contribution in [-0.2, 0) is 20.1 Å². The molecule has 0 aromatic carbocycles. The third kappa shape index (κ3) is 3.17. The molecule has 0 saturated carbocycles. The molecule has 5 heteroatoms.